The lowest BCUT2D eigenvalue weighted by Gasteiger charge is -2.24. The van der Waals surface area contributed by atoms with Crippen LogP contribution in [0.15, 0.2) is 0 Å². The van der Waals surface area contributed by atoms with Crippen molar-refractivity contribution in [3.63, 3.8) is 0 Å². The summed E-state index contributed by atoms with van der Waals surface area (Å²) in [6.45, 7) is 3.68. The Bertz CT molecular complexity index is 398. The van der Waals surface area contributed by atoms with E-state index in [0.29, 0.717) is 13.1 Å². The Labute approximate surface area is 129 Å². The van der Waals surface area contributed by atoms with Crippen molar-refractivity contribution in [1.29, 1.82) is 5.26 Å². The molecule has 1 N–H and O–H groups in total. The van der Waals surface area contributed by atoms with Crippen LogP contribution in [-0.4, -0.2) is 60.8 Å². The van der Waals surface area contributed by atoms with Crippen LogP contribution < -0.4 is 0 Å². The van der Waals surface area contributed by atoms with E-state index in [0.717, 1.165) is 0 Å². The van der Waals surface area contributed by atoms with Crippen LogP contribution in [0.2, 0.25) is 0 Å². The first-order chi connectivity index (χ1) is 10.4. The average molecular weight is 314 g/mol. The Kier molecular flexibility index (Phi) is 10.4. The highest BCUT2D eigenvalue weighted by Crippen LogP contribution is 2.09. The largest absolute Gasteiger partial charge is 0.481 e. The van der Waals surface area contributed by atoms with E-state index in [2.05, 4.69) is 0 Å². The van der Waals surface area contributed by atoms with Crippen LogP contribution in [-0.2, 0) is 23.9 Å². The van der Waals surface area contributed by atoms with Crippen molar-refractivity contribution in [3.8, 4) is 6.07 Å². The SMILES string of the molecule is CC(=O)OCCN(CCOC(C)=O)CC(CCC#N)C(=O)O. The maximum atomic E-state index is 11.2. The van der Waals surface area contributed by atoms with Gasteiger partial charge in [-0.05, 0) is 6.42 Å². The second-order valence-corrected chi connectivity index (χ2v) is 4.71. The number of carboxylic acid groups (broad SMARTS) is 1. The smallest absolute Gasteiger partial charge is 0.307 e. The minimum Gasteiger partial charge on any atom is -0.481 e. The van der Waals surface area contributed by atoms with E-state index < -0.39 is 23.8 Å². The van der Waals surface area contributed by atoms with Gasteiger partial charge in [-0.1, -0.05) is 0 Å². The third-order valence-corrected chi connectivity index (χ3v) is 2.86. The highest BCUT2D eigenvalue weighted by Gasteiger charge is 2.21. The molecule has 0 aliphatic heterocycles. The summed E-state index contributed by atoms with van der Waals surface area (Å²) < 4.78 is 9.67. The lowest BCUT2D eigenvalue weighted by molar-refractivity contribution is -0.145. The maximum Gasteiger partial charge on any atom is 0.307 e. The molecule has 8 nitrogen and oxygen atoms in total. The molecule has 0 saturated carbocycles. The Morgan fingerprint density at radius 1 is 1.14 bits per heavy atom. The van der Waals surface area contributed by atoms with E-state index in [4.69, 9.17) is 19.8 Å². The normalized spacial score (nSPS) is 11.5. The Hall–Kier alpha value is -2.14. The molecule has 124 valence electrons. The molecule has 0 spiro atoms. The van der Waals surface area contributed by atoms with Crippen LogP contribution in [0, 0.1) is 17.2 Å². The van der Waals surface area contributed by atoms with Crippen molar-refractivity contribution in [2.75, 3.05) is 32.8 Å². The van der Waals surface area contributed by atoms with Gasteiger partial charge in [0.15, 0.2) is 0 Å². The summed E-state index contributed by atoms with van der Waals surface area (Å²) in [6, 6.07) is 1.92. The van der Waals surface area contributed by atoms with E-state index >= 15 is 0 Å². The molecule has 0 aliphatic rings. The number of nitriles is 1. The fraction of sp³-hybridized carbons (Fsp3) is 0.714. The number of carbonyl (C=O) groups is 3. The number of hydrogen-bond acceptors (Lipinski definition) is 7. The molecular formula is C14H22N2O6. The second kappa shape index (κ2) is 11.5. The van der Waals surface area contributed by atoms with Gasteiger partial charge in [-0.2, -0.15) is 5.26 Å². The van der Waals surface area contributed by atoms with Crippen molar-refractivity contribution >= 4 is 17.9 Å². The first kappa shape index (κ1) is 19.9. The molecule has 0 aromatic carbocycles. The zero-order valence-electron chi connectivity index (χ0n) is 12.9. The molecule has 0 radical (unpaired) electrons. The molecule has 0 bridgehead atoms. The van der Waals surface area contributed by atoms with Crippen LogP contribution in [0.25, 0.3) is 0 Å². The lowest BCUT2D eigenvalue weighted by Crippen LogP contribution is -2.38. The van der Waals surface area contributed by atoms with Crippen molar-refractivity contribution in [3.05, 3.63) is 0 Å². The van der Waals surface area contributed by atoms with Gasteiger partial charge in [-0.15, -0.1) is 0 Å². The molecule has 1 atom stereocenters. The van der Waals surface area contributed by atoms with Crippen LogP contribution in [0.3, 0.4) is 0 Å². The Balaban J connectivity index is 4.50. The summed E-state index contributed by atoms with van der Waals surface area (Å²) >= 11 is 0. The van der Waals surface area contributed by atoms with Crippen LogP contribution in [0.5, 0.6) is 0 Å². The fourth-order valence-corrected chi connectivity index (χ4v) is 1.77. The molecule has 0 aromatic rings. The zero-order valence-corrected chi connectivity index (χ0v) is 12.9. The molecular weight excluding hydrogens is 292 g/mol. The van der Waals surface area contributed by atoms with Gasteiger partial charge in [0.25, 0.3) is 0 Å². The van der Waals surface area contributed by atoms with Crippen LogP contribution >= 0.6 is 0 Å². The summed E-state index contributed by atoms with van der Waals surface area (Å²) in [5.41, 5.74) is 0. The molecule has 0 saturated heterocycles. The summed E-state index contributed by atoms with van der Waals surface area (Å²) in [7, 11) is 0. The van der Waals surface area contributed by atoms with Gasteiger partial charge in [0, 0.05) is 39.9 Å². The summed E-state index contributed by atoms with van der Waals surface area (Å²) in [6.07, 6.45) is 0.391. The minimum atomic E-state index is -0.986. The molecule has 0 amide bonds. The number of nitrogens with zero attached hydrogens (tertiary/aromatic N) is 2. The third kappa shape index (κ3) is 10.6. The van der Waals surface area contributed by atoms with Gasteiger partial charge in [-0.25, -0.2) is 0 Å². The number of aliphatic carboxylic acids is 1. The minimum absolute atomic E-state index is 0.125. The van der Waals surface area contributed by atoms with Crippen molar-refractivity contribution < 1.29 is 29.0 Å². The second-order valence-electron chi connectivity index (χ2n) is 4.71. The summed E-state index contributed by atoms with van der Waals surface area (Å²) in [5.74, 6) is -2.52. The number of carbonyl (C=O) groups excluding carboxylic acids is 2. The molecule has 0 aromatic heterocycles. The van der Waals surface area contributed by atoms with Gasteiger partial charge in [-0.3, -0.25) is 19.3 Å². The van der Waals surface area contributed by atoms with E-state index in [1.807, 2.05) is 6.07 Å². The van der Waals surface area contributed by atoms with Gasteiger partial charge >= 0.3 is 17.9 Å². The lowest BCUT2D eigenvalue weighted by atomic mass is 10.0. The molecule has 1 unspecified atom stereocenters. The van der Waals surface area contributed by atoms with Crippen molar-refractivity contribution in [2.45, 2.75) is 26.7 Å². The van der Waals surface area contributed by atoms with Crippen molar-refractivity contribution in [1.82, 2.24) is 4.90 Å². The summed E-state index contributed by atoms with van der Waals surface area (Å²) in [5, 5.41) is 17.7. The first-order valence-corrected chi connectivity index (χ1v) is 6.95. The topological polar surface area (TPSA) is 117 Å². The predicted molar refractivity (Wildman–Crippen MR) is 75.7 cm³/mol. The van der Waals surface area contributed by atoms with Gasteiger partial charge in [0.05, 0.1) is 12.0 Å². The average Bonchev–Trinajstić information content (AvgIpc) is 2.41. The van der Waals surface area contributed by atoms with Crippen molar-refractivity contribution in [2.24, 2.45) is 5.92 Å². The number of ether oxygens (including phenoxy) is 2. The molecule has 0 aliphatic carbocycles. The number of rotatable bonds is 11. The van der Waals surface area contributed by atoms with Gasteiger partial charge < -0.3 is 14.6 Å². The highest BCUT2D eigenvalue weighted by molar-refractivity contribution is 5.70. The third-order valence-electron chi connectivity index (χ3n) is 2.86. The monoisotopic (exact) mass is 314 g/mol. The molecule has 8 heteroatoms. The predicted octanol–water partition coefficient (Wildman–Crippen LogP) is 0.419. The van der Waals surface area contributed by atoms with Crippen LogP contribution in [0.4, 0.5) is 0 Å². The summed E-state index contributed by atoms with van der Waals surface area (Å²) in [4.78, 5) is 34.5. The number of carboxylic acids is 1. The van der Waals surface area contributed by atoms with Gasteiger partial charge in [0.2, 0.25) is 0 Å². The van der Waals surface area contributed by atoms with Gasteiger partial charge in [0.1, 0.15) is 13.2 Å². The van der Waals surface area contributed by atoms with E-state index in [1.54, 1.807) is 4.90 Å². The van der Waals surface area contributed by atoms with Crippen LogP contribution in [0.1, 0.15) is 26.7 Å². The zero-order chi connectivity index (χ0) is 17.0. The van der Waals surface area contributed by atoms with E-state index in [-0.39, 0.29) is 32.6 Å². The fourth-order valence-electron chi connectivity index (χ4n) is 1.77. The molecule has 0 fully saturated rings. The quantitative estimate of drug-likeness (QED) is 0.545. The molecule has 0 heterocycles. The first-order valence-electron chi connectivity index (χ1n) is 6.95. The molecule has 22 heavy (non-hydrogen) atoms. The van der Waals surface area contributed by atoms with E-state index in [1.165, 1.54) is 13.8 Å². The standard InChI is InChI=1S/C14H22N2O6/c1-11(17)21-8-6-16(7-9-22-12(2)18)10-13(14(19)20)4-3-5-15/h13H,3-4,6-10H2,1-2H3,(H,19,20). The number of esters is 2. The van der Waals surface area contributed by atoms with E-state index in [9.17, 15) is 14.4 Å². The highest BCUT2D eigenvalue weighted by atomic mass is 16.5. The Morgan fingerprint density at radius 3 is 2.00 bits per heavy atom. The Morgan fingerprint density at radius 2 is 1.64 bits per heavy atom. The molecule has 0 rings (SSSR count). The number of hydrogen-bond donors (Lipinski definition) is 1. The maximum absolute atomic E-state index is 11.2.